The third kappa shape index (κ3) is 2.95. The zero-order valence-corrected chi connectivity index (χ0v) is 11.6. The van der Waals surface area contributed by atoms with E-state index in [1.165, 1.54) is 44.3 Å². The molecular formula is C14H26OS. The van der Waals surface area contributed by atoms with Gasteiger partial charge in [0.25, 0.3) is 0 Å². The molecule has 1 unspecified atom stereocenters. The molecule has 16 heavy (non-hydrogen) atoms. The van der Waals surface area contributed by atoms with Crippen LogP contribution in [0.25, 0.3) is 0 Å². The zero-order valence-electron chi connectivity index (χ0n) is 10.8. The Labute approximate surface area is 104 Å². The Kier molecular flexibility index (Phi) is 3.90. The van der Waals surface area contributed by atoms with Gasteiger partial charge in [-0.1, -0.05) is 39.5 Å². The average Bonchev–Trinajstić information content (AvgIpc) is 2.43. The topological polar surface area (TPSA) is 20.2 Å². The van der Waals surface area contributed by atoms with Crippen LogP contribution in [0.1, 0.15) is 58.8 Å². The SMILES string of the molecule is CC1(C)CSCC(O)(C2CCCCCC2)C1. The molecule has 0 aromatic carbocycles. The Balaban J connectivity index is 2.04. The molecule has 94 valence electrons. The maximum absolute atomic E-state index is 10.9. The minimum atomic E-state index is -0.364. The van der Waals surface area contributed by atoms with Crippen LogP contribution in [0, 0.1) is 11.3 Å². The summed E-state index contributed by atoms with van der Waals surface area (Å²) in [5.41, 5.74) is -0.0409. The van der Waals surface area contributed by atoms with Gasteiger partial charge in [-0.15, -0.1) is 0 Å². The number of hydrogen-bond donors (Lipinski definition) is 1. The van der Waals surface area contributed by atoms with Crippen LogP contribution in [-0.4, -0.2) is 22.2 Å². The van der Waals surface area contributed by atoms with Crippen molar-refractivity contribution < 1.29 is 5.11 Å². The fourth-order valence-corrected chi connectivity index (χ4v) is 4.96. The maximum Gasteiger partial charge on any atom is 0.0771 e. The van der Waals surface area contributed by atoms with E-state index in [2.05, 4.69) is 13.8 Å². The molecule has 0 radical (unpaired) electrons. The monoisotopic (exact) mass is 242 g/mol. The molecular weight excluding hydrogens is 216 g/mol. The summed E-state index contributed by atoms with van der Waals surface area (Å²) in [5, 5.41) is 10.9. The lowest BCUT2D eigenvalue weighted by Gasteiger charge is -2.45. The predicted molar refractivity (Wildman–Crippen MR) is 71.9 cm³/mol. The van der Waals surface area contributed by atoms with E-state index < -0.39 is 0 Å². The van der Waals surface area contributed by atoms with Crippen molar-refractivity contribution in [1.29, 1.82) is 0 Å². The standard InChI is InChI=1S/C14H26OS/c1-13(2)9-14(15,11-16-10-13)12-7-5-3-4-6-8-12/h12,15H,3-11H2,1-2H3. The fraction of sp³-hybridized carbons (Fsp3) is 1.00. The molecule has 0 spiro atoms. The van der Waals surface area contributed by atoms with Gasteiger partial charge in [-0.2, -0.15) is 11.8 Å². The second kappa shape index (κ2) is 4.89. The summed E-state index contributed by atoms with van der Waals surface area (Å²) >= 11 is 1.96. The third-order valence-electron chi connectivity index (χ3n) is 4.24. The van der Waals surface area contributed by atoms with Gasteiger partial charge in [0, 0.05) is 5.75 Å². The molecule has 2 fully saturated rings. The fourth-order valence-electron chi connectivity index (χ4n) is 3.51. The van der Waals surface area contributed by atoms with Crippen molar-refractivity contribution in [3.63, 3.8) is 0 Å². The van der Waals surface area contributed by atoms with E-state index in [4.69, 9.17) is 0 Å². The molecule has 0 aromatic rings. The Morgan fingerprint density at radius 2 is 1.62 bits per heavy atom. The van der Waals surface area contributed by atoms with Crippen LogP contribution in [0.3, 0.4) is 0 Å². The first kappa shape index (κ1) is 12.8. The van der Waals surface area contributed by atoms with Crippen LogP contribution in [0.2, 0.25) is 0 Å². The molecule has 0 bridgehead atoms. The van der Waals surface area contributed by atoms with Crippen molar-refractivity contribution in [2.45, 2.75) is 64.4 Å². The first-order valence-electron chi connectivity index (χ1n) is 6.82. The van der Waals surface area contributed by atoms with Crippen molar-refractivity contribution >= 4 is 11.8 Å². The molecule has 1 aliphatic heterocycles. The van der Waals surface area contributed by atoms with Crippen LogP contribution in [-0.2, 0) is 0 Å². The van der Waals surface area contributed by atoms with E-state index in [1.807, 2.05) is 11.8 Å². The second-order valence-electron chi connectivity index (χ2n) is 6.63. The van der Waals surface area contributed by atoms with Gasteiger partial charge in [-0.25, -0.2) is 0 Å². The molecule has 2 rings (SSSR count). The average molecular weight is 242 g/mol. The molecule has 2 heteroatoms. The van der Waals surface area contributed by atoms with Crippen molar-refractivity contribution in [2.24, 2.45) is 11.3 Å². The first-order valence-corrected chi connectivity index (χ1v) is 7.98. The summed E-state index contributed by atoms with van der Waals surface area (Å²) in [6.45, 7) is 4.61. The van der Waals surface area contributed by atoms with Crippen LogP contribution in [0.5, 0.6) is 0 Å². The minimum absolute atomic E-state index is 0.323. The molecule has 1 saturated carbocycles. The molecule has 1 nitrogen and oxygen atoms in total. The molecule has 0 aromatic heterocycles. The van der Waals surface area contributed by atoms with E-state index in [0.717, 1.165) is 12.2 Å². The van der Waals surface area contributed by atoms with Crippen molar-refractivity contribution in [3.05, 3.63) is 0 Å². The molecule has 0 amide bonds. The van der Waals surface area contributed by atoms with Gasteiger partial charge in [-0.05, 0) is 36.3 Å². The summed E-state index contributed by atoms with van der Waals surface area (Å²) in [7, 11) is 0. The van der Waals surface area contributed by atoms with Gasteiger partial charge >= 0.3 is 0 Å². The van der Waals surface area contributed by atoms with Crippen LogP contribution >= 0.6 is 11.8 Å². The lowest BCUT2D eigenvalue weighted by atomic mass is 9.73. The molecule has 1 atom stereocenters. The number of thioether (sulfide) groups is 1. The minimum Gasteiger partial charge on any atom is -0.389 e. The maximum atomic E-state index is 10.9. The highest BCUT2D eigenvalue weighted by Crippen LogP contribution is 2.45. The summed E-state index contributed by atoms with van der Waals surface area (Å²) < 4.78 is 0. The van der Waals surface area contributed by atoms with Crippen LogP contribution in [0.4, 0.5) is 0 Å². The zero-order chi connectivity index (χ0) is 11.6. The Morgan fingerprint density at radius 1 is 1.00 bits per heavy atom. The van der Waals surface area contributed by atoms with E-state index >= 15 is 0 Å². The van der Waals surface area contributed by atoms with Crippen LogP contribution < -0.4 is 0 Å². The van der Waals surface area contributed by atoms with Crippen molar-refractivity contribution in [2.75, 3.05) is 11.5 Å². The van der Waals surface area contributed by atoms with E-state index in [-0.39, 0.29) is 5.60 Å². The summed E-state index contributed by atoms with van der Waals surface area (Å²) in [5.74, 6) is 2.76. The molecule has 1 saturated heterocycles. The number of aliphatic hydroxyl groups is 1. The van der Waals surface area contributed by atoms with Gasteiger partial charge in [0.1, 0.15) is 0 Å². The third-order valence-corrected chi connectivity index (χ3v) is 5.93. The first-order chi connectivity index (χ1) is 7.52. The second-order valence-corrected chi connectivity index (χ2v) is 7.61. The summed E-state index contributed by atoms with van der Waals surface area (Å²) in [6.07, 6.45) is 8.94. The quantitative estimate of drug-likeness (QED) is 0.705. The van der Waals surface area contributed by atoms with Gasteiger partial charge in [0.2, 0.25) is 0 Å². The Hall–Kier alpha value is 0.310. The lowest BCUT2D eigenvalue weighted by Crippen LogP contribution is -2.48. The van der Waals surface area contributed by atoms with Crippen LogP contribution in [0.15, 0.2) is 0 Å². The Bertz CT molecular complexity index is 231. The molecule has 1 heterocycles. The predicted octanol–water partition coefficient (Wildman–Crippen LogP) is 3.85. The highest BCUT2D eigenvalue weighted by atomic mass is 32.2. The number of hydrogen-bond acceptors (Lipinski definition) is 2. The summed E-state index contributed by atoms with van der Waals surface area (Å²) in [4.78, 5) is 0. The molecule has 2 aliphatic rings. The van der Waals surface area contributed by atoms with Gasteiger partial charge in [0.15, 0.2) is 0 Å². The van der Waals surface area contributed by atoms with Gasteiger partial charge in [0.05, 0.1) is 5.60 Å². The van der Waals surface area contributed by atoms with E-state index in [1.54, 1.807) is 0 Å². The van der Waals surface area contributed by atoms with Crippen molar-refractivity contribution in [3.8, 4) is 0 Å². The van der Waals surface area contributed by atoms with Gasteiger partial charge < -0.3 is 5.11 Å². The molecule has 1 N–H and O–H groups in total. The number of rotatable bonds is 1. The largest absolute Gasteiger partial charge is 0.389 e. The van der Waals surface area contributed by atoms with E-state index in [9.17, 15) is 5.11 Å². The highest BCUT2D eigenvalue weighted by Gasteiger charge is 2.44. The van der Waals surface area contributed by atoms with Gasteiger partial charge in [-0.3, -0.25) is 0 Å². The lowest BCUT2D eigenvalue weighted by molar-refractivity contribution is -0.0382. The molecule has 1 aliphatic carbocycles. The normalized spacial score (nSPS) is 36.9. The van der Waals surface area contributed by atoms with Crippen molar-refractivity contribution in [1.82, 2.24) is 0 Å². The smallest absolute Gasteiger partial charge is 0.0771 e. The highest BCUT2D eigenvalue weighted by molar-refractivity contribution is 7.99. The van der Waals surface area contributed by atoms with E-state index in [0.29, 0.717) is 11.3 Å². The Morgan fingerprint density at radius 3 is 2.19 bits per heavy atom. The summed E-state index contributed by atoms with van der Waals surface area (Å²) in [6, 6.07) is 0.